The summed E-state index contributed by atoms with van der Waals surface area (Å²) >= 11 is 11.9. The number of halogens is 2. The Kier molecular flexibility index (Phi) is 4.17. The molecule has 0 aromatic heterocycles. The molecule has 0 fully saturated rings. The summed E-state index contributed by atoms with van der Waals surface area (Å²) in [5.74, 6) is -0.686. The minimum atomic E-state index is -0.463. The number of rotatable bonds is 3. The van der Waals surface area contributed by atoms with Crippen molar-refractivity contribution in [2.45, 2.75) is 6.92 Å². The van der Waals surface area contributed by atoms with E-state index in [4.69, 9.17) is 27.9 Å². The van der Waals surface area contributed by atoms with Crippen LogP contribution in [0.25, 0.3) is 0 Å². The summed E-state index contributed by atoms with van der Waals surface area (Å²) in [5, 5.41) is 3.64. The zero-order valence-electron chi connectivity index (χ0n) is 10.2. The van der Waals surface area contributed by atoms with Gasteiger partial charge in [-0.15, -0.1) is 0 Å². The van der Waals surface area contributed by atoms with Crippen molar-refractivity contribution >= 4 is 46.5 Å². The zero-order valence-corrected chi connectivity index (χ0v) is 11.7. The summed E-state index contributed by atoms with van der Waals surface area (Å²) < 4.78 is 4.85. The molecule has 7 heteroatoms. The normalized spacial score (nSPS) is 13.8. The maximum absolute atomic E-state index is 11.9. The van der Waals surface area contributed by atoms with Gasteiger partial charge >= 0.3 is 5.97 Å². The van der Waals surface area contributed by atoms with Gasteiger partial charge in [0.15, 0.2) is 0 Å². The number of amides is 1. The Morgan fingerprint density at radius 2 is 2.11 bits per heavy atom. The largest absolute Gasteiger partial charge is 0.465 e. The molecule has 1 aromatic carbocycles. The molecule has 0 saturated carbocycles. The summed E-state index contributed by atoms with van der Waals surface area (Å²) in [4.78, 5) is 24.7. The summed E-state index contributed by atoms with van der Waals surface area (Å²) in [5.41, 5.74) is 1.19. The Balaban J connectivity index is 2.32. The molecule has 0 bridgehead atoms. The molecule has 0 saturated heterocycles. The van der Waals surface area contributed by atoms with Crippen LogP contribution >= 0.6 is 23.2 Å². The molecular formula is C12H12Cl2N2O3. The van der Waals surface area contributed by atoms with Crippen LogP contribution in [0, 0.1) is 0 Å². The number of carbonyl (C=O) groups is 2. The second-order valence-corrected chi connectivity index (χ2v) is 4.74. The summed E-state index contributed by atoms with van der Waals surface area (Å²) in [6.07, 6.45) is 0. The van der Waals surface area contributed by atoms with Gasteiger partial charge in [0, 0.05) is 0 Å². The van der Waals surface area contributed by atoms with Crippen LogP contribution in [0.2, 0.25) is 10.0 Å². The molecular weight excluding hydrogens is 291 g/mol. The van der Waals surface area contributed by atoms with Gasteiger partial charge in [0.05, 0.1) is 34.6 Å². The fourth-order valence-electron chi connectivity index (χ4n) is 1.81. The van der Waals surface area contributed by atoms with Crippen LogP contribution < -0.4 is 10.2 Å². The van der Waals surface area contributed by atoms with E-state index in [9.17, 15) is 9.59 Å². The summed E-state index contributed by atoms with van der Waals surface area (Å²) in [6, 6.07) is 3.19. The van der Waals surface area contributed by atoms with Crippen molar-refractivity contribution in [3.8, 4) is 0 Å². The maximum atomic E-state index is 11.9. The first-order valence-corrected chi connectivity index (χ1v) is 6.47. The van der Waals surface area contributed by atoms with Gasteiger partial charge in [0.2, 0.25) is 5.91 Å². The smallest absolute Gasteiger partial charge is 0.326 e. The fraction of sp³-hybridized carbons (Fsp3) is 0.333. The van der Waals surface area contributed by atoms with Gasteiger partial charge in [-0.1, -0.05) is 23.2 Å². The minimum absolute atomic E-state index is 0.102. The lowest BCUT2D eigenvalue weighted by molar-refractivity contribution is -0.142. The first kappa shape index (κ1) is 14.0. The average Bonchev–Trinajstić information content (AvgIpc) is 2.36. The molecule has 2 rings (SSSR count). The second kappa shape index (κ2) is 5.67. The van der Waals surface area contributed by atoms with Crippen LogP contribution in [0.1, 0.15) is 6.92 Å². The molecule has 0 aliphatic carbocycles. The molecule has 1 N–H and O–H groups in total. The molecule has 0 spiro atoms. The van der Waals surface area contributed by atoms with Crippen LogP contribution in [0.15, 0.2) is 12.1 Å². The van der Waals surface area contributed by atoms with Crippen LogP contribution in [-0.2, 0) is 14.3 Å². The van der Waals surface area contributed by atoms with E-state index < -0.39 is 5.97 Å². The number of hydrogen-bond acceptors (Lipinski definition) is 4. The van der Waals surface area contributed by atoms with E-state index in [2.05, 4.69) is 5.32 Å². The number of esters is 1. The molecule has 19 heavy (non-hydrogen) atoms. The van der Waals surface area contributed by atoms with Crippen LogP contribution in [0.3, 0.4) is 0 Å². The zero-order chi connectivity index (χ0) is 14.0. The lowest BCUT2D eigenvalue weighted by Crippen LogP contribution is -2.43. The van der Waals surface area contributed by atoms with Gasteiger partial charge in [0.25, 0.3) is 0 Å². The van der Waals surface area contributed by atoms with Gasteiger partial charge in [-0.25, -0.2) is 0 Å². The highest BCUT2D eigenvalue weighted by atomic mass is 35.5. The molecule has 1 heterocycles. The number of fused-ring (bicyclic) bond motifs is 1. The van der Waals surface area contributed by atoms with E-state index >= 15 is 0 Å². The third-order valence-electron chi connectivity index (χ3n) is 2.65. The van der Waals surface area contributed by atoms with Gasteiger partial charge in [-0.3, -0.25) is 14.5 Å². The molecule has 1 aliphatic heterocycles. The first-order valence-electron chi connectivity index (χ1n) is 5.71. The molecule has 1 amide bonds. The Bertz CT molecular complexity index is 534. The van der Waals surface area contributed by atoms with Crippen LogP contribution in [-0.4, -0.2) is 31.6 Å². The molecule has 102 valence electrons. The SMILES string of the molecule is CCOC(=O)CN1C(=O)CNc2cc(Cl)c(Cl)cc21. The maximum Gasteiger partial charge on any atom is 0.326 e. The summed E-state index contributed by atoms with van der Waals surface area (Å²) in [6.45, 7) is 1.94. The molecule has 5 nitrogen and oxygen atoms in total. The van der Waals surface area contributed by atoms with Gasteiger partial charge in [-0.05, 0) is 19.1 Å². The lowest BCUT2D eigenvalue weighted by atomic mass is 10.2. The number of nitrogens with zero attached hydrogens (tertiary/aromatic N) is 1. The Hall–Kier alpha value is -1.46. The third kappa shape index (κ3) is 2.93. The molecule has 0 unspecified atom stereocenters. The predicted molar refractivity (Wildman–Crippen MR) is 73.9 cm³/mol. The average molecular weight is 303 g/mol. The van der Waals surface area contributed by atoms with E-state index in [1.165, 1.54) is 4.90 Å². The van der Waals surface area contributed by atoms with Gasteiger partial charge in [-0.2, -0.15) is 0 Å². The Morgan fingerprint density at radius 3 is 2.79 bits per heavy atom. The molecule has 0 atom stereocenters. The topological polar surface area (TPSA) is 58.6 Å². The van der Waals surface area contributed by atoms with Crippen molar-refractivity contribution in [3.05, 3.63) is 22.2 Å². The van der Waals surface area contributed by atoms with E-state index in [0.29, 0.717) is 21.4 Å². The number of hydrogen-bond donors (Lipinski definition) is 1. The van der Waals surface area contributed by atoms with Crippen molar-refractivity contribution in [1.29, 1.82) is 0 Å². The number of carbonyl (C=O) groups excluding carboxylic acids is 2. The minimum Gasteiger partial charge on any atom is -0.465 e. The molecule has 1 aromatic rings. The highest BCUT2D eigenvalue weighted by Gasteiger charge is 2.27. The van der Waals surface area contributed by atoms with Gasteiger partial charge in [0.1, 0.15) is 6.54 Å². The van der Waals surface area contributed by atoms with Crippen LogP contribution in [0.5, 0.6) is 0 Å². The van der Waals surface area contributed by atoms with Crippen LogP contribution in [0.4, 0.5) is 11.4 Å². The van der Waals surface area contributed by atoms with E-state index in [0.717, 1.165) is 0 Å². The number of nitrogens with one attached hydrogen (secondary N) is 1. The summed E-state index contributed by atoms with van der Waals surface area (Å²) in [7, 11) is 0. The number of benzene rings is 1. The molecule has 1 aliphatic rings. The predicted octanol–water partition coefficient (Wildman–Crippen LogP) is 2.31. The van der Waals surface area contributed by atoms with Crippen molar-refractivity contribution < 1.29 is 14.3 Å². The first-order chi connectivity index (χ1) is 9.02. The van der Waals surface area contributed by atoms with E-state index in [-0.39, 0.29) is 25.6 Å². The van der Waals surface area contributed by atoms with Crippen molar-refractivity contribution in [2.24, 2.45) is 0 Å². The lowest BCUT2D eigenvalue weighted by Gasteiger charge is -2.29. The Morgan fingerprint density at radius 1 is 1.42 bits per heavy atom. The third-order valence-corrected chi connectivity index (χ3v) is 3.38. The Labute approximate surface area is 120 Å². The van der Waals surface area contributed by atoms with Crippen molar-refractivity contribution in [2.75, 3.05) is 29.9 Å². The standard InChI is InChI=1S/C12H12Cl2N2O3/c1-2-19-12(18)6-16-10-4-8(14)7(13)3-9(10)15-5-11(16)17/h3-4,15H,2,5-6H2,1H3. The quantitative estimate of drug-likeness (QED) is 0.871. The molecule has 0 radical (unpaired) electrons. The van der Waals surface area contributed by atoms with E-state index in [1.54, 1.807) is 19.1 Å². The fourth-order valence-corrected chi connectivity index (χ4v) is 2.13. The second-order valence-electron chi connectivity index (χ2n) is 3.92. The highest BCUT2D eigenvalue weighted by molar-refractivity contribution is 6.42. The van der Waals surface area contributed by atoms with E-state index in [1.807, 2.05) is 0 Å². The van der Waals surface area contributed by atoms with Crippen molar-refractivity contribution in [3.63, 3.8) is 0 Å². The van der Waals surface area contributed by atoms with Crippen molar-refractivity contribution in [1.82, 2.24) is 0 Å². The highest BCUT2D eigenvalue weighted by Crippen LogP contribution is 2.36. The number of ether oxygens (including phenoxy) is 1. The van der Waals surface area contributed by atoms with Gasteiger partial charge < -0.3 is 10.1 Å². The number of anilines is 2. The monoisotopic (exact) mass is 302 g/mol.